The molecule has 2 aliphatic carbocycles. The van der Waals surface area contributed by atoms with Gasteiger partial charge in [0, 0.05) is 0 Å². The van der Waals surface area contributed by atoms with Crippen LogP contribution in [0, 0.1) is 29.4 Å². The van der Waals surface area contributed by atoms with E-state index in [1.165, 1.54) is 50.5 Å². The molecule has 0 spiro atoms. The molecular formula is C28H36F2. The maximum atomic E-state index is 15.0. The minimum absolute atomic E-state index is 0.117. The van der Waals surface area contributed by atoms with E-state index >= 15 is 0 Å². The van der Waals surface area contributed by atoms with Gasteiger partial charge in [-0.15, -0.1) is 0 Å². The second kappa shape index (κ2) is 9.62. The molecule has 1 unspecified atom stereocenters. The first-order chi connectivity index (χ1) is 14.6. The third-order valence-electron chi connectivity index (χ3n) is 7.87. The predicted octanol–water partition coefficient (Wildman–Crippen LogP) is 8.68. The fraction of sp³-hybridized carbons (Fsp3) is 0.571. The summed E-state index contributed by atoms with van der Waals surface area (Å²) in [4.78, 5) is 0. The molecule has 2 heteroatoms. The van der Waals surface area contributed by atoms with Gasteiger partial charge in [-0.1, -0.05) is 63.8 Å². The van der Waals surface area contributed by atoms with Gasteiger partial charge in [-0.05, 0) is 91.0 Å². The highest BCUT2D eigenvalue weighted by atomic mass is 19.1. The second-order valence-corrected chi connectivity index (χ2v) is 9.76. The lowest BCUT2D eigenvalue weighted by Crippen LogP contribution is -2.30. The Balaban J connectivity index is 1.46. The van der Waals surface area contributed by atoms with Crippen molar-refractivity contribution in [1.29, 1.82) is 0 Å². The van der Waals surface area contributed by atoms with Gasteiger partial charge in [0.2, 0.25) is 0 Å². The summed E-state index contributed by atoms with van der Waals surface area (Å²) in [5, 5.41) is 0. The van der Waals surface area contributed by atoms with Crippen molar-refractivity contribution in [3.05, 3.63) is 59.2 Å². The van der Waals surface area contributed by atoms with Crippen LogP contribution >= 0.6 is 0 Å². The number of fused-ring (bicyclic) bond motifs is 1. The molecular weight excluding hydrogens is 374 g/mol. The van der Waals surface area contributed by atoms with E-state index in [0.717, 1.165) is 42.6 Å². The van der Waals surface area contributed by atoms with Gasteiger partial charge in [0.25, 0.3) is 0 Å². The minimum atomic E-state index is -0.417. The Bertz CT molecular complexity index is 815. The summed E-state index contributed by atoms with van der Waals surface area (Å²) in [5.74, 6) is 1.96. The lowest BCUT2D eigenvalue weighted by Gasteiger charge is -2.42. The Kier molecular flexibility index (Phi) is 6.91. The molecule has 0 aromatic heterocycles. The standard InChI is InChI=1S/C28H36F2/c1-3-5-6-20-9-12-23-16-24(14-13-22(23)15-20)25-17-26(29)28(27(30)18-25)21-10-7-19(4-2)8-11-21/h7-8,10-11,17-18,20,22-24H,3-6,9,12-16H2,1-2H3/t20?,22-,23-,24-/m1/s1. The van der Waals surface area contributed by atoms with Gasteiger partial charge in [-0.25, -0.2) is 8.78 Å². The number of aryl methyl sites for hydroxylation is 1. The normalized spacial score (nSPS) is 26.4. The smallest absolute Gasteiger partial charge is 0.134 e. The van der Waals surface area contributed by atoms with E-state index in [1.807, 2.05) is 24.3 Å². The Morgan fingerprint density at radius 2 is 1.50 bits per heavy atom. The van der Waals surface area contributed by atoms with Gasteiger partial charge in [0.15, 0.2) is 0 Å². The summed E-state index contributed by atoms with van der Waals surface area (Å²) in [7, 11) is 0. The van der Waals surface area contributed by atoms with Crippen molar-refractivity contribution < 1.29 is 8.78 Å². The van der Waals surface area contributed by atoms with Crippen LogP contribution in [0.4, 0.5) is 8.78 Å². The van der Waals surface area contributed by atoms with Crippen molar-refractivity contribution in [2.45, 2.75) is 84.0 Å². The zero-order chi connectivity index (χ0) is 21.1. The van der Waals surface area contributed by atoms with Crippen LogP contribution in [0.3, 0.4) is 0 Å². The first kappa shape index (κ1) is 21.5. The lowest BCUT2D eigenvalue weighted by molar-refractivity contribution is 0.113. The van der Waals surface area contributed by atoms with Crippen LogP contribution in [0.15, 0.2) is 36.4 Å². The summed E-state index contributed by atoms with van der Waals surface area (Å²) in [6.45, 7) is 4.36. The van der Waals surface area contributed by atoms with E-state index in [-0.39, 0.29) is 5.56 Å². The van der Waals surface area contributed by atoms with Crippen molar-refractivity contribution in [2.24, 2.45) is 17.8 Å². The SMILES string of the molecule is CCCCC1CC[C@@H]2C[C@H](c3cc(F)c(-c4ccc(CC)cc4)c(F)c3)CC[C@@H]2C1. The molecule has 0 heterocycles. The van der Waals surface area contributed by atoms with Crippen molar-refractivity contribution in [3.63, 3.8) is 0 Å². The highest BCUT2D eigenvalue weighted by Gasteiger charge is 2.36. The zero-order valence-electron chi connectivity index (χ0n) is 18.6. The molecule has 0 aliphatic heterocycles. The molecule has 2 aliphatic rings. The van der Waals surface area contributed by atoms with Crippen LogP contribution < -0.4 is 0 Å². The van der Waals surface area contributed by atoms with Gasteiger partial charge in [-0.2, -0.15) is 0 Å². The van der Waals surface area contributed by atoms with Crippen LogP contribution in [-0.4, -0.2) is 0 Å². The topological polar surface area (TPSA) is 0 Å². The predicted molar refractivity (Wildman–Crippen MR) is 122 cm³/mol. The van der Waals surface area contributed by atoms with Crippen LogP contribution in [-0.2, 0) is 6.42 Å². The van der Waals surface area contributed by atoms with Crippen molar-refractivity contribution in [2.75, 3.05) is 0 Å². The van der Waals surface area contributed by atoms with E-state index in [4.69, 9.17) is 0 Å². The van der Waals surface area contributed by atoms with Crippen LogP contribution in [0.5, 0.6) is 0 Å². The molecule has 0 saturated heterocycles. The molecule has 2 fully saturated rings. The molecule has 0 nitrogen and oxygen atoms in total. The van der Waals surface area contributed by atoms with E-state index < -0.39 is 11.6 Å². The summed E-state index contributed by atoms with van der Waals surface area (Å²) in [6.07, 6.45) is 12.4. The molecule has 0 N–H and O–H groups in total. The molecule has 30 heavy (non-hydrogen) atoms. The summed E-state index contributed by atoms with van der Waals surface area (Å²) in [6, 6.07) is 10.8. The Labute approximate surface area is 181 Å². The monoisotopic (exact) mass is 410 g/mol. The Morgan fingerprint density at radius 3 is 2.17 bits per heavy atom. The van der Waals surface area contributed by atoms with Gasteiger partial charge in [0.05, 0.1) is 5.56 Å². The summed E-state index contributed by atoms with van der Waals surface area (Å²) in [5.41, 5.74) is 2.79. The highest BCUT2D eigenvalue weighted by molar-refractivity contribution is 5.65. The molecule has 2 aromatic rings. The number of unbranched alkanes of at least 4 members (excludes halogenated alkanes) is 1. The number of hydrogen-bond acceptors (Lipinski definition) is 0. The summed E-state index contributed by atoms with van der Waals surface area (Å²) < 4.78 is 30.0. The number of halogens is 2. The average molecular weight is 411 g/mol. The number of rotatable bonds is 6. The molecule has 4 atom stereocenters. The zero-order valence-corrected chi connectivity index (χ0v) is 18.6. The van der Waals surface area contributed by atoms with Crippen molar-refractivity contribution in [1.82, 2.24) is 0 Å². The lowest BCUT2D eigenvalue weighted by atomic mass is 9.63. The highest BCUT2D eigenvalue weighted by Crippen LogP contribution is 2.48. The third kappa shape index (κ3) is 4.63. The molecule has 2 saturated carbocycles. The number of hydrogen-bond donors (Lipinski definition) is 0. The molecule has 162 valence electrons. The second-order valence-electron chi connectivity index (χ2n) is 9.76. The maximum absolute atomic E-state index is 15.0. The molecule has 2 aromatic carbocycles. The first-order valence-electron chi connectivity index (χ1n) is 12.2. The minimum Gasteiger partial charge on any atom is -0.206 e. The Morgan fingerprint density at radius 1 is 0.833 bits per heavy atom. The van der Waals surface area contributed by atoms with Crippen molar-refractivity contribution >= 4 is 0 Å². The average Bonchev–Trinajstić information content (AvgIpc) is 2.77. The molecule has 0 radical (unpaired) electrons. The third-order valence-corrected chi connectivity index (χ3v) is 7.87. The number of benzene rings is 2. The quantitative estimate of drug-likeness (QED) is 0.447. The van der Waals surface area contributed by atoms with Gasteiger partial charge in [0.1, 0.15) is 11.6 Å². The van der Waals surface area contributed by atoms with Gasteiger partial charge < -0.3 is 0 Å². The van der Waals surface area contributed by atoms with E-state index in [9.17, 15) is 8.78 Å². The van der Waals surface area contributed by atoms with E-state index in [2.05, 4.69) is 13.8 Å². The fourth-order valence-corrected chi connectivity index (χ4v) is 6.06. The summed E-state index contributed by atoms with van der Waals surface area (Å²) >= 11 is 0. The fourth-order valence-electron chi connectivity index (χ4n) is 6.06. The maximum Gasteiger partial charge on any atom is 0.134 e. The molecule has 0 amide bonds. The van der Waals surface area contributed by atoms with Gasteiger partial charge >= 0.3 is 0 Å². The van der Waals surface area contributed by atoms with Gasteiger partial charge in [-0.3, -0.25) is 0 Å². The molecule has 4 rings (SSSR count). The Hall–Kier alpha value is -1.70. The van der Waals surface area contributed by atoms with Crippen LogP contribution in [0.1, 0.15) is 88.7 Å². The first-order valence-corrected chi connectivity index (χ1v) is 12.2. The van der Waals surface area contributed by atoms with E-state index in [1.54, 1.807) is 12.1 Å². The molecule has 0 bridgehead atoms. The van der Waals surface area contributed by atoms with E-state index in [0.29, 0.717) is 11.5 Å². The van der Waals surface area contributed by atoms with Crippen molar-refractivity contribution in [3.8, 4) is 11.1 Å². The largest absolute Gasteiger partial charge is 0.206 e. The van der Waals surface area contributed by atoms with Crippen LogP contribution in [0.2, 0.25) is 0 Å². The van der Waals surface area contributed by atoms with Crippen LogP contribution in [0.25, 0.3) is 11.1 Å².